The lowest BCUT2D eigenvalue weighted by atomic mass is 9.89. The zero-order chi connectivity index (χ0) is 55.6. The second-order valence-electron chi connectivity index (χ2n) is 19.1. The first kappa shape index (κ1) is 49.7. The molecule has 0 aliphatic heterocycles. The second kappa shape index (κ2) is 19.1. The van der Waals surface area contributed by atoms with E-state index in [-0.39, 0.29) is 11.4 Å². The molecule has 2 heterocycles. The highest BCUT2D eigenvalue weighted by molar-refractivity contribution is 6.14. The number of benzene rings is 10. The number of rotatable bonds is 7. The Morgan fingerprint density at radius 1 is 0.300 bits per heavy atom. The van der Waals surface area contributed by atoms with Crippen LogP contribution >= 0.6 is 0 Å². The van der Waals surface area contributed by atoms with Crippen LogP contribution in [0.3, 0.4) is 0 Å². The van der Waals surface area contributed by atoms with Gasteiger partial charge in [0.1, 0.15) is 0 Å². The van der Waals surface area contributed by atoms with Gasteiger partial charge in [-0.15, -0.1) is 0 Å². The first-order valence-electron chi connectivity index (χ1n) is 24.7. The summed E-state index contributed by atoms with van der Waals surface area (Å²) in [5.41, 5.74) is 4.29. The maximum atomic E-state index is 15.4. The van der Waals surface area contributed by atoms with Gasteiger partial charge in [0.25, 0.3) is 0 Å². The maximum absolute atomic E-state index is 15.4. The molecule has 0 saturated heterocycles. The number of hydrogen-bond donors (Lipinski definition) is 0. The van der Waals surface area contributed by atoms with Crippen molar-refractivity contribution < 1.29 is 26.3 Å². The van der Waals surface area contributed by atoms with Crippen LogP contribution < -0.4 is 0 Å². The molecule has 0 atom stereocenters. The zero-order valence-electron chi connectivity index (χ0n) is 41.5. The summed E-state index contributed by atoms with van der Waals surface area (Å²) in [6.45, 7) is 0. The van der Waals surface area contributed by atoms with Crippen molar-refractivity contribution in [1.82, 2.24) is 9.13 Å². The molecule has 12 rings (SSSR count). The lowest BCUT2D eigenvalue weighted by molar-refractivity contribution is -0.142. The molecule has 10 aromatic carbocycles. The number of nitriles is 5. The highest BCUT2D eigenvalue weighted by atomic mass is 19.4. The first-order chi connectivity index (χ1) is 38.7. The van der Waals surface area contributed by atoms with Gasteiger partial charge >= 0.3 is 12.4 Å². The lowest BCUT2D eigenvalue weighted by Gasteiger charge is -2.23. The Kier molecular flexibility index (Phi) is 11.9. The predicted octanol–water partition coefficient (Wildman–Crippen LogP) is 17.6. The zero-order valence-corrected chi connectivity index (χ0v) is 41.5. The minimum absolute atomic E-state index is 0.101. The first-order valence-corrected chi connectivity index (χ1v) is 24.7. The summed E-state index contributed by atoms with van der Waals surface area (Å²) >= 11 is 0. The quantitative estimate of drug-likeness (QED) is 0.147. The fourth-order valence-corrected chi connectivity index (χ4v) is 10.8. The molecule has 378 valence electrons. The Bertz CT molecular complexity index is 4500. The van der Waals surface area contributed by atoms with Crippen LogP contribution in [0.15, 0.2) is 200 Å². The fourth-order valence-electron chi connectivity index (χ4n) is 10.8. The van der Waals surface area contributed by atoms with Crippen molar-refractivity contribution in [3.05, 3.63) is 239 Å². The van der Waals surface area contributed by atoms with Gasteiger partial charge in [0.15, 0.2) is 0 Å². The van der Waals surface area contributed by atoms with Crippen molar-refractivity contribution in [2.75, 3.05) is 0 Å². The van der Waals surface area contributed by atoms with Crippen LogP contribution in [0.1, 0.15) is 38.9 Å². The van der Waals surface area contributed by atoms with Crippen molar-refractivity contribution in [2.45, 2.75) is 12.4 Å². The maximum Gasteiger partial charge on any atom is 0.417 e. The highest BCUT2D eigenvalue weighted by Gasteiger charge is 2.42. The largest absolute Gasteiger partial charge is 0.417 e. The molecule has 0 radical (unpaired) electrons. The summed E-state index contributed by atoms with van der Waals surface area (Å²) in [4.78, 5) is 0. The SMILES string of the molecule is N#Cc1ccc(-c2ccc3c4ccc(-c5ccc(C#N)cc5)cc4n(-c4cc(C#N)c(-c5c(C(F)(F)F)cccc5C(F)(F)F)cc4-n4c5cc(-c6ccc(C#N)cc6)ccc5c5ccc(-c6ccc(C#N)cc6)cc54)c3c2)cc1. The molecule has 0 bridgehead atoms. The van der Waals surface area contributed by atoms with Gasteiger partial charge in [-0.1, -0.05) is 103 Å². The van der Waals surface area contributed by atoms with Gasteiger partial charge in [-0.3, -0.25) is 0 Å². The summed E-state index contributed by atoms with van der Waals surface area (Å²) < 4.78 is 96.1. The molecule has 0 aliphatic carbocycles. The monoisotopic (exact) mass is 1050 g/mol. The molecule has 13 heteroatoms. The Labute approximate surface area is 452 Å². The molecule has 0 spiro atoms. The van der Waals surface area contributed by atoms with Gasteiger partial charge in [-0.25, -0.2) is 0 Å². The third kappa shape index (κ3) is 8.48. The molecule has 12 aromatic rings. The summed E-state index contributed by atoms with van der Waals surface area (Å²) in [5.74, 6) is 0. The van der Waals surface area contributed by atoms with Crippen molar-refractivity contribution in [2.24, 2.45) is 0 Å². The number of halogens is 6. The van der Waals surface area contributed by atoms with E-state index in [1.165, 1.54) is 12.1 Å². The average Bonchev–Trinajstić information content (AvgIpc) is 3.48. The highest BCUT2D eigenvalue weighted by Crippen LogP contribution is 2.49. The number of hydrogen-bond acceptors (Lipinski definition) is 5. The smallest absolute Gasteiger partial charge is 0.307 e. The standard InChI is InChI=1S/C67H33F6N7/c68-66(69,70)57-2-1-3-58(67(71,72)73)65(57)56-33-64(80-61-30-49(45-16-8-41(36-76)9-17-45)22-26-54(61)55-27-23-50(31-62(55)80)46-18-10-42(37-77)11-19-46)63(32-51(56)38-78)79-59-28-47(43-12-4-39(34-74)5-13-43)20-24-52(59)53-25-21-48(29-60(53)79)44-14-6-40(35-75)7-15-44/h1-33H. The van der Waals surface area contributed by atoms with Crippen molar-refractivity contribution in [1.29, 1.82) is 26.3 Å². The Morgan fingerprint density at radius 3 is 0.838 bits per heavy atom. The summed E-state index contributed by atoms with van der Waals surface area (Å²) in [5, 5.41) is 52.6. The topological polar surface area (TPSA) is 129 Å². The van der Waals surface area contributed by atoms with E-state index in [4.69, 9.17) is 0 Å². The Balaban J connectivity index is 1.28. The van der Waals surface area contributed by atoms with E-state index >= 15 is 26.3 Å². The third-order valence-electron chi connectivity index (χ3n) is 14.6. The number of aromatic nitrogens is 2. The molecular weight excluding hydrogens is 1020 g/mol. The molecule has 0 saturated carbocycles. The van der Waals surface area contributed by atoms with Crippen molar-refractivity contribution >= 4 is 43.6 Å². The number of fused-ring (bicyclic) bond motifs is 6. The van der Waals surface area contributed by atoms with E-state index in [1.807, 2.05) is 83.4 Å². The molecule has 80 heavy (non-hydrogen) atoms. The fraction of sp³-hybridized carbons (Fsp3) is 0.0299. The van der Waals surface area contributed by atoms with Crippen molar-refractivity contribution in [3.8, 4) is 97.4 Å². The minimum Gasteiger partial charge on any atom is -0.307 e. The Hall–Kier alpha value is -11.2. The summed E-state index contributed by atoms with van der Waals surface area (Å²) in [7, 11) is 0. The molecule has 0 fully saturated rings. The van der Waals surface area contributed by atoms with Crippen LogP contribution in [0.4, 0.5) is 26.3 Å². The van der Waals surface area contributed by atoms with E-state index in [9.17, 15) is 26.3 Å². The van der Waals surface area contributed by atoms with Gasteiger partial charge < -0.3 is 9.13 Å². The molecule has 2 aromatic heterocycles. The average molecular weight is 1050 g/mol. The van der Waals surface area contributed by atoms with Gasteiger partial charge in [0.05, 0.1) is 103 Å². The van der Waals surface area contributed by atoms with E-state index in [2.05, 4.69) is 24.3 Å². The summed E-state index contributed by atoms with van der Waals surface area (Å²) in [6, 6.07) is 65.6. The Morgan fingerprint density at radius 2 is 0.575 bits per heavy atom. The van der Waals surface area contributed by atoms with Gasteiger partial charge in [0.2, 0.25) is 0 Å². The predicted molar refractivity (Wildman–Crippen MR) is 296 cm³/mol. The van der Waals surface area contributed by atoms with Gasteiger partial charge in [-0.2, -0.15) is 52.7 Å². The molecule has 0 N–H and O–H groups in total. The molecule has 0 amide bonds. The minimum atomic E-state index is -5.31. The lowest BCUT2D eigenvalue weighted by Crippen LogP contribution is -2.15. The summed E-state index contributed by atoms with van der Waals surface area (Å²) in [6.07, 6.45) is -10.6. The van der Waals surface area contributed by atoms with E-state index < -0.39 is 40.2 Å². The van der Waals surface area contributed by atoms with Crippen LogP contribution in [0.25, 0.3) is 111 Å². The van der Waals surface area contributed by atoms with Gasteiger partial charge in [0, 0.05) is 32.7 Å². The van der Waals surface area contributed by atoms with Crippen molar-refractivity contribution in [3.63, 3.8) is 0 Å². The van der Waals surface area contributed by atoms with Crippen LogP contribution in [-0.2, 0) is 12.4 Å². The van der Waals surface area contributed by atoms with Crippen LogP contribution in [0, 0.1) is 56.7 Å². The molecular formula is C67H33F6N7. The van der Waals surface area contributed by atoms with E-state index in [1.54, 1.807) is 102 Å². The molecule has 7 nitrogen and oxygen atoms in total. The molecule has 0 unspecified atom stereocenters. The van der Waals surface area contributed by atoms with Crippen LogP contribution in [-0.4, -0.2) is 9.13 Å². The normalized spacial score (nSPS) is 11.6. The third-order valence-corrected chi connectivity index (χ3v) is 14.6. The van der Waals surface area contributed by atoms with Gasteiger partial charge in [-0.05, 0) is 142 Å². The van der Waals surface area contributed by atoms with E-state index in [0.717, 1.165) is 11.1 Å². The van der Waals surface area contributed by atoms with Crippen LogP contribution in [0.5, 0.6) is 0 Å². The van der Waals surface area contributed by atoms with E-state index in [0.29, 0.717) is 117 Å². The number of alkyl halides is 6. The van der Waals surface area contributed by atoms with Crippen LogP contribution in [0.2, 0.25) is 0 Å². The second-order valence-corrected chi connectivity index (χ2v) is 19.1. The molecule has 0 aliphatic rings. The number of nitrogens with zero attached hydrogens (tertiary/aromatic N) is 7.